The summed E-state index contributed by atoms with van der Waals surface area (Å²) in [5, 5.41) is 0. The van der Waals surface area contributed by atoms with E-state index in [4.69, 9.17) is 0 Å². The predicted molar refractivity (Wildman–Crippen MR) is 70.2 cm³/mol. The highest BCUT2D eigenvalue weighted by atomic mass is 32.1. The maximum atomic E-state index is 2.28. The van der Waals surface area contributed by atoms with Crippen LogP contribution in [-0.4, -0.2) is 0 Å². The van der Waals surface area contributed by atoms with Crippen LogP contribution in [0.4, 0.5) is 0 Å². The van der Waals surface area contributed by atoms with Crippen LogP contribution in [0.5, 0.6) is 0 Å². The topological polar surface area (TPSA) is 0 Å². The van der Waals surface area contributed by atoms with Crippen LogP contribution in [0.15, 0.2) is 24.3 Å². The first-order valence-electron chi connectivity index (χ1n) is 5.33. The zero-order chi connectivity index (χ0) is 10.8. The number of hydrogen-bond donors (Lipinski definition) is 0. The number of aryl methyl sites for hydroxylation is 2. The lowest BCUT2D eigenvalue weighted by Crippen LogP contribution is -1.93. The molecule has 0 aliphatic carbocycles. The minimum atomic E-state index is 0.613. The third kappa shape index (κ3) is 2.32. The SMILES string of the molecule is CCC(c1ccc(C)s1)c1ccc(C)s1. The minimum absolute atomic E-state index is 0.613. The van der Waals surface area contributed by atoms with Crippen molar-refractivity contribution >= 4 is 22.7 Å². The Morgan fingerprint density at radius 2 is 1.40 bits per heavy atom. The molecular weight excluding hydrogens is 220 g/mol. The van der Waals surface area contributed by atoms with Gasteiger partial charge in [0.05, 0.1) is 0 Å². The van der Waals surface area contributed by atoms with Crippen molar-refractivity contribution < 1.29 is 0 Å². The average Bonchev–Trinajstić information content (AvgIpc) is 2.78. The summed E-state index contributed by atoms with van der Waals surface area (Å²) in [6.07, 6.45) is 1.19. The summed E-state index contributed by atoms with van der Waals surface area (Å²) in [4.78, 5) is 5.85. The van der Waals surface area contributed by atoms with E-state index in [9.17, 15) is 0 Å². The average molecular weight is 236 g/mol. The Morgan fingerprint density at radius 1 is 0.933 bits per heavy atom. The predicted octanol–water partition coefficient (Wildman–Crippen LogP) is 4.97. The highest BCUT2D eigenvalue weighted by Gasteiger charge is 2.15. The van der Waals surface area contributed by atoms with Gasteiger partial charge in [-0.2, -0.15) is 0 Å². The van der Waals surface area contributed by atoms with E-state index in [1.165, 1.54) is 25.9 Å². The maximum Gasteiger partial charge on any atom is 0.0275 e. The molecule has 0 N–H and O–H groups in total. The van der Waals surface area contributed by atoms with Gasteiger partial charge in [0, 0.05) is 25.4 Å². The molecule has 0 aliphatic heterocycles. The van der Waals surface area contributed by atoms with Crippen LogP contribution in [0, 0.1) is 13.8 Å². The van der Waals surface area contributed by atoms with E-state index >= 15 is 0 Å². The fraction of sp³-hybridized carbons (Fsp3) is 0.385. The Balaban J connectivity index is 2.32. The lowest BCUT2D eigenvalue weighted by molar-refractivity contribution is 0.808. The third-order valence-electron chi connectivity index (χ3n) is 2.62. The summed E-state index contributed by atoms with van der Waals surface area (Å²) in [5.74, 6) is 0.613. The van der Waals surface area contributed by atoms with Crippen LogP contribution in [0.2, 0.25) is 0 Å². The second-order valence-electron chi connectivity index (χ2n) is 3.86. The Morgan fingerprint density at radius 3 is 1.67 bits per heavy atom. The fourth-order valence-electron chi connectivity index (χ4n) is 1.82. The van der Waals surface area contributed by atoms with Gasteiger partial charge in [0.1, 0.15) is 0 Å². The second-order valence-corrected chi connectivity index (χ2v) is 6.50. The molecule has 2 rings (SSSR count). The lowest BCUT2D eigenvalue weighted by Gasteiger charge is -2.10. The molecule has 0 amide bonds. The highest BCUT2D eigenvalue weighted by molar-refractivity contribution is 7.13. The van der Waals surface area contributed by atoms with E-state index in [1.54, 1.807) is 0 Å². The van der Waals surface area contributed by atoms with Crippen molar-refractivity contribution in [3.8, 4) is 0 Å². The van der Waals surface area contributed by atoms with Crippen molar-refractivity contribution in [1.29, 1.82) is 0 Å². The summed E-state index contributed by atoms with van der Waals surface area (Å²) >= 11 is 3.86. The molecular formula is C13H16S2. The van der Waals surface area contributed by atoms with Crippen LogP contribution in [0.3, 0.4) is 0 Å². The maximum absolute atomic E-state index is 2.28. The molecule has 2 heteroatoms. The van der Waals surface area contributed by atoms with Crippen LogP contribution >= 0.6 is 22.7 Å². The standard InChI is InChI=1S/C13H16S2/c1-4-11(12-7-5-9(2)14-12)13-8-6-10(3)15-13/h5-8,11H,4H2,1-3H3. The van der Waals surface area contributed by atoms with E-state index in [2.05, 4.69) is 45.0 Å². The van der Waals surface area contributed by atoms with E-state index in [0.717, 1.165) is 0 Å². The van der Waals surface area contributed by atoms with E-state index in [1.807, 2.05) is 22.7 Å². The monoisotopic (exact) mass is 236 g/mol. The Bertz CT molecular complexity index is 397. The molecule has 0 nitrogen and oxygen atoms in total. The lowest BCUT2D eigenvalue weighted by atomic mass is 10.0. The minimum Gasteiger partial charge on any atom is -0.145 e. The van der Waals surface area contributed by atoms with Crippen molar-refractivity contribution in [3.05, 3.63) is 43.8 Å². The molecule has 0 bridgehead atoms. The third-order valence-corrected chi connectivity index (χ3v) is 4.85. The molecule has 0 saturated heterocycles. The molecule has 0 saturated carbocycles. The molecule has 0 radical (unpaired) electrons. The molecule has 0 aromatic carbocycles. The normalized spacial score (nSPS) is 11.2. The largest absolute Gasteiger partial charge is 0.145 e. The summed E-state index contributed by atoms with van der Waals surface area (Å²) < 4.78 is 0. The van der Waals surface area contributed by atoms with Crippen molar-refractivity contribution in [2.24, 2.45) is 0 Å². The summed E-state index contributed by atoms with van der Waals surface area (Å²) in [6, 6.07) is 9.01. The first kappa shape index (κ1) is 10.9. The van der Waals surface area contributed by atoms with E-state index in [-0.39, 0.29) is 0 Å². The number of rotatable bonds is 3. The van der Waals surface area contributed by atoms with Gasteiger partial charge in [-0.15, -0.1) is 22.7 Å². The highest BCUT2D eigenvalue weighted by Crippen LogP contribution is 2.36. The molecule has 0 atom stereocenters. The van der Waals surface area contributed by atoms with Gasteiger partial charge >= 0.3 is 0 Å². The molecule has 0 unspecified atom stereocenters. The molecule has 80 valence electrons. The summed E-state index contributed by atoms with van der Waals surface area (Å²) in [5.41, 5.74) is 0. The first-order chi connectivity index (χ1) is 7.20. The van der Waals surface area contributed by atoms with Crippen LogP contribution in [0.25, 0.3) is 0 Å². The first-order valence-corrected chi connectivity index (χ1v) is 6.96. The van der Waals surface area contributed by atoms with Crippen molar-refractivity contribution in [2.75, 3.05) is 0 Å². The van der Waals surface area contributed by atoms with Gasteiger partial charge in [0.15, 0.2) is 0 Å². The quantitative estimate of drug-likeness (QED) is 0.706. The Hall–Kier alpha value is -0.600. The van der Waals surface area contributed by atoms with Crippen LogP contribution in [0.1, 0.15) is 38.8 Å². The summed E-state index contributed by atoms with van der Waals surface area (Å²) in [6.45, 7) is 6.63. The fourth-order valence-corrected chi connectivity index (χ4v) is 4.06. The molecule has 2 heterocycles. The second kappa shape index (κ2) is 4.50. The smallest absolute Gasteiger partial charge is 0.0275 e. The van der Waals surface area contributed by atoms with Gasteiger partial charge in [-0.25, -0.2) is 0 Å². The van der Waals surface area contributed by atoms with Crippen LogP contribution < -0.4 is 0 Å². The molecule has 0 aliphatic rings. The van der Waals surface area contributed by atoms with Gasteiger partial charge in [-0.3, -0.25) is 0 Å². The molecule has 0 spiro atoms. The Labute approximate surface area is 99.6 Å². The zero-order valence-electron chi connectivity index (χ0n) is 9.41. The van der Waals surface area contributed by atoms with Gasteiger partial charge < -0.3 is 0 Å². The number of hydrogen-bond acceptors (Lipinski definition) is 2. The molecule has 0 fully saturated rings. The molecule has 2 aromatic rings. The van der Waals surface area contributed by atoms with E-state index in [0.29, 0.717) is 5.92 Å². The van der Waals surface area contributed by atoms with Gasteiger partial charge in [0.25, 0.3) is 0 Å². The summed E-state index contributed by atoms with van der Waals surface area (Å²) in [7, 11) is 0. The zero-order valence-corrected chi connectivity index (χ0v) is 11.0. The van der Waals surface area contributed by atoms with Crippen LogP contribution in [-0.2, 0) is 0 Å². The van der Waals surface area contributed by atoms with Crippen molar-refractivity contribution in [3.63, 3.8) is 0 Å². The number of thiophene rings is 2. The van der Waals surface area contributed by atoms with Crippen molar-refractivity contribution in [2.45, 2.75) is 33.1 Å². The molecule has 15 heavy (non-hydrogen) atoms. The van der Waals surface area contributed by atoms with Crippen molar-refractivity contribution in [1.82, 2.24) is 0 Å². The Kier molecular flexibility index (Phi) is 3.27. The van der Waals surface area contributed by atoms with Gasteiger partial charge in [-0.05, 0) is 44.5 Å². The molecule has 2 aromatic heterocycles. The van der Waals surface area contributed by atoms with Gasteiger partial charge in [-0.1, -0.05) is 6.92 Å². The van der Waals surface area contributed by atoms with E-state index < -0.39 is 0 Å². The van der Waals surface area contributed by atoms with Gasteiger partial charge in [0.2, 0.25) is 0 Å².